The van der Waals surface area contributed by atoms with Gasteiger partial charge in [-0.25, -0.2) is 15.0 Å². The molecule has 0 saturated carbocycles. The molecule has 1 saturated heterocycles. The molecule has 7 nitrogen and oxygen atoms in total. The van der Waals surface area contributed by atoms with Crippen LogP contribution in [0.25, 0.3) is 21.1 Å². The number of anilines is 1. The molecule has 5 rings (SSSR count). The van der Waals surface area contributed by atoms with Crippen molar-refractivity contribution in [1.82, 2.24) is 19.5 Å². The van der Waals surface area contributed by atoms with Crippen molar-refractivity contribution in [3.05, 3.63) is 58.2 Å². The molecule has 28 heavy (non-hydrogen) atoms. The minimum absolute atomic E-state index is 0.0657. The highest BCUT2D eigenvalue weighted by molar-refractivity contribution is 7.17. The number of aliphatic hydroxyl groups is 1. The fraction of sp³-hybridized carbons (Fsp3) is 0.300. The van der Waals surface area contributed by atoms with Crippen molar-refractivity contribution in [1.29, 1.82) is 0 Å². The van der Waals surface area contributed by atoms with Gasteiger partial charge in [-0.3, -0.25) is 9.36 Å². The molecule has 1 atom stereocenters. The van der Waals surface area contributed by atoms with Gasteiger partial charge in [0.1, 0.15) is 12.2 Å². The summed E-state index contributed by atoms with van der Waals surface area (Å²) in [6.07, 6.45) is 3.46. The van der Waals surface area contributed by atoms with Crippen LogP contribution in [0.15, 0.2) is 46.8 Å². The van der Waals surface area contributed by atoms with E-state index in [-0.39, 0.29) is 24.8 Å². The number of rotatable bonds is 4. The van der Waals surface area contributed by atoms with Crippen LogP contribution in [-0.2, 0) is 6.54 Å². The standard InChI is InChI=1S/C20H19N5O2S/c26-10-9-25-18(23-14-5-2-1-4-13(14)20(25)27)16-6-3-8-24(16)19-17-15(7-11-28-17)21-12-22-19/h1-2,4-5,7,11-12,16,26H,3,6,8-10H2. The van der Waals surface area contributed by atoms with Crippen LogP contribution in [0.5, 0.6) is 0 Å². The summed E-state index contributed by atoms with van der Waals surface area (Å²) in [5, 5.41) is 12.2. The average Bonchev–Trinajstić information content (AvgIpc) is 3.39. The summed E-state index contributed by atoms with van der Waals surface area (Å²) in [5.41, 5.74) is 1.51. The second-order valence-corrected chi connectivity index (χ2v) is 7.77. The molecular weight excluding hydrogens is 374 g/mol. The molecule has 1 aromatic carbocycles. The Morgan fingerprint density at radius 2 is 2.07 bits per heavy atom. The van der Waals surface area contributed by atoms with Crippen LogP contribution in [0, 0.1) is 0 Å². The van der Waals surface area contributed by atoms with Crippen LogP contribution in [0.3, 0.4) is 0 Å². The van der Waals surface area contributed by atoms with Crippen molar-refractivity contribution in [2.75, 3.05) is 18.1 Å². The van der Waals surface area contributed by atoms with E-state index in [0.717, 1.165) is 35.4 Å². The molecule has 4 aromatic rings. The number of aliphatic hydroxyl groups excluding tert-OH is 1. The zero-order chi connectivity index (χ0) is 19.1. The maximum Gasteiger partial charge on any atom is 0.261 e. The number of hydrogen-bond acceptors (Lipinski definition) is 7. The van der Waals surface area contributed by atoms with E-state index in [0.29, 0.717) is 16.7 Å². The van der Waals surface area contributed by atoms with E-state index in [1.807, 2.05) is 29.6 Å². The maximum atomic E-state index is 13.1. The lowest BCUT2D eigenvalue weighted by atomic mass is 10.1. The molecule has 4 heterocycles. The quantitative estimate of drug-likeness (QED) is 0.574. The van der Waals surface area contributed by atoms with Crippen molar-refractivity contribution in [2.45, 2.75) is 25.4 Å². The first-order valence-electron chi connectivity index (χ1n) is 9.33. The van der Waals surface area contributed by atoms with Crippen LogP contribution in [-0.4, -0.2) is 37.8 Å². The third kappa shape index (κ3) is 2.68. The van der Waals surface area contributed by atoms with Crippen molar-refractivity contribution in [2.24, 2.45) is 0 Å². The summed E-state index contributed by atoms with van der Waals surface area (Å²) >= 11 is 1.62. The van der Waals surface area contributed by atoms with E-state index in [9.17, 15) is 9.90 Å². The van der Waals surface area contributed by atoms with E-state index >= 15 is 0 Å². The summed E-state index contributed by atoms with van der Waals surface area (Å²) < 4.78 is 2.67. The summed E-state index contributed by atoms with van der Waals surface area (Å²) in [6.45, 7) is 0.966. The third-order valence-corrected chi connectivity index (χ3v) is 6.16. The second kappa shape index (κ2) is 6.96. The molecule has 142 valence electrons. The van der Waals surface area contributed by atoms with Gasteiger partial charge in [-0.1, -0.05) is 12.1 Å². The Morgan fingerprint density at radius 3 is 2.96 bits per heavy atom. The summed E-state index contributed by atoms with van der Waals surface area (Å²) in [4.78, 5) is 29.1. The minimum Gasteiger partial charge on any atom is -0.395 e. The first-order chi connectivity index (χ1) is 13.8. The molecule has 3 aromatic heterocycles. The van der Waals surface area contributed by atoms with Gasteiger partial charge in [0.25, 0.3) is 5.56 Å². The number of nitrogens with zero attached hydrogens (tertiary/aromatic N) is 5. The summed E-state index contributed by atoms with van der Waals surface area (Å²) in [6, 6.07) is 9.31. The number of para-hydroxylation sites is 1. The molecule has 1 fully saturated rings. The Hall–Kier alpha value is -2.84. The van der Waals surface area contributed by atoms with E-state index in [1.165, 1.54) is 0 Å². The van der Waals surface area contributed by atoms with Gasteiger partial charge < -0.3 is 10.0 Å². The monoisotopic (exact) mass is 393 g/mol. The summed E-state index contributed by atoms with van der Waals surface area (Å²) in [5.74, 6) is 1.58. The molecule has 1 aliphatic rings. The first kappa shape index (κ1) is 17.3. The number of hydrogen-bond donors (Lipinski definition) is 1. The van der Waals surface area contributed by atoms with Gasteiger partial charge in [-0.05, 0) is 36.4 Å². The van der Waals surface area contributed by atoms with Crippen molar-refractivity contribution in [3.63, 3.8) is 0 Å². The lowest BCUT2D eigenvalue weighted by Gasteiger charge is -2.27. The maximum absolute atomic E-state index is 13.1. The molecule has 0 spiro atoms. The lowest BCUT2D eigenvalue weighted by molar-refractivity contribution is 0.270. The van der Waals surface area contributed by atoms with Crippen molar-refractivity contribution >= 4 is 38.3 Å². The molecule has 8 heteroatoms. The first-order valence-corrected chi connectivity index (χ1v) is 10.2. The Labute approximate surface area is 164 Å². The van der Waals surface area contributed by atoms with E-state index < -0.39 is 0 Å². The number of fused-ring (bicyclic) bond motifs is 2. The third-order valence-electron chi connectivity index (χ3n) is 5.26. The Bertz CT molecular complexity index is 1220. The van der Waals surface area contributed by atoms with Crippen molar-refractivity contribution in [3.8, 4) is 0 Å². The predicted octanol–water partition coefficient (Wildman–Crippen LogP) is 2.74. The topological polar surface area (TPSA) is 84.1 Å². The molecule has 1 unspecified atom stereocenters. The van der Waals surface area contributed by atoms with Crippen LogP contribution in [0.1, 0.15) is 24.7 Å². The smallest absolute Gasteiger partial charge is 0.261 e. The Morgan fingerprint density at radius 1 is 1.18 bits per heavy atom. The number of aromatic nitrogens is 4. The highest BCUT2D eigenvalue weighted by Gasteiger charge is 2.32. The Kier molecular flexibility index (Phi) is 4.29. The molecular formula is C20H19N5O2S. The van der Waals surface area contributed by atoms with E-state index in [1.54, 1.807) is 28.3 Å². The van der Waals surface area contributed by atoms with Gasteiger partial charge in [-0.15, -0.1) is 11.3 Å². The largest absolute Gasteiger partial charge is 0.395 e. The van der Waals surface area contributed by atoms with Crippen LogP contribution < -0.4 is 10.5 Å². The zero-order valence-electron chi connectivity index (χ0n) is 15.2. The van der Waals surface area contributed by atoms with Gasteiger partial charge in [-0.2, -0.15) is 0 Å². The van der Waals surface area contributed by atoms with E-state index in [4.69, 9.17) is 4.98 Å². The lowest BCUT2D eigenvalue weighted by Crippen LogP contribution is -2.33. The van der Waals surface area contributed by atoms with Crippen LogP contribution in [0.4, 0.5) is 5.82 Å². The highest BCUT2D eigenvalue weighted by Crippen LogP contribution is 2.38. The summed E-state index contributed by atoms with van der Waals surface area (Å²) in [7, 11) is 0. The number of thiophene rings is 1. The molecule has 0 amide bonds. The second-order valence-electron chi connectivity index (χ2n) is 6.85. The molecule has 0 aliphatic carbocycles. The van der Waals surface area contributed by atoms with Gasteiger partial charge in [0.05, 0.1) is 40.3 Å². The number of benzene rings is 1. The SMILES string of the molecule is O=c1c2ccccc2nc(C2CCCN2c2ncnc3ccsc23)n1CCO. The van der Waals surface area contributed by atoms with Crippen LogP contribution in [0.2, 0.25) is 0 Å². The fourth-order valence-corrected chi connectivity index (χ4v) is 4.87. The predicted molar refractivity (Wildman–Crippen MR) is 110 cm³/mol. The molecule has 0 radical (unpaired) electrons. The molecule has 1 aliphatic heterocycles. The zero-order valence-corrected chi connectivity index (χ0v) is 16.0. The van der Waals surface area contributed by atoms with Gasteiger partial charge in [0.2, 0.25) is 0 Å². The highest BCUT2D eigenvalue weighted by atomic mass is 32.1. The normalized spacial score (nSPS) is 17.0. The average molecular weight is 393 g/mol. The molecule has 0 bridgehead atoms. The minimum atomic E-state index is -0.109. The van der Waals surface area contributed by atoms with Crippen LogP contribution >= 0.6 is 11.3 Å². The van der Waals surface area contributed by atoms with E-state index in [2.05, 4.69) is 14.9 Å². The fourth-order valence-electron chi connectivity index (χ4n) is 4.02. The van der Waals surface area contributed by atoms with Gasteiger partial charge >= 0.3 is 0 Å². The molecule has 1 N–H and O–H groups in total. The van der Waals surface area contributed by atoms with Gasteiger partial charge in [0, 0.05) is 6.54 Å². The Balaban J connectivity index is 1.69. The van der Waals surface area contributed by atoms with Crippen molar-refractivity contribution < 1.29 is 5.11 Å². The van der Waals surface area contributed by atoms with Gasteiger partial charge in [0.15, 0.2) is 5.82 Å².